The van der Waals surface area contributed by atoms with Gasteiger partial charge in [0.2, 0.25) is 0 Å². The summed E-state index contributed by atoms with van der Waals surface area (Å²) in [6, 6.07) is 81.9. The van der Waals surface area contributed by atoms with Crippen molar-refractivity contribution in [3.8, 4) is 0 Å². The molecule has 0 aliphatic heterocycles. The lowest BCUT2D eigenvalue weighted by Crippen LogP contribution is -2.31. The molecule has 2 atom stereocenters. The van der Waals surface area contributed by atoms with Crippen molar-refractivity contribution in [1.29, 1.82) is 0 Å². The molecule has 0 amide bonds. The van der Waals surface area contributed by atoms with Crippen molar-refractivity contribution < 1.29 is 4.79 Å². The zero-order chi connectivity index (χ0) is 38.4. The van der Waals surface area contributed by atoms with Crippen molar-refractivity contribution in [2.45, 2.75) is 36.5 Å². The third-order valence-corrected chi connectivity index (χ3v) is 11.7. The van der Waals surface area contributed by atoms with Gasteiger partial charge in [-0.25, -0.2) is 0 Å². The summed E-state index contributed by atoms with van der Waals surface area (Å²) < 4.78 is 0. The topological polar surface area (TPSA) is 17.1 Å². The zero-order valence-corrected chi connectivity index (χ0v) is 32.0. The Morgan fingerprint density at radius 2 is 0.518 bits per heavy atom. The second-order valence-electron chi connectivity index (χ2n) is 14.8. The molecule has 2 unspecified atom stereocenters. The zero-order valence-electron chi connectivity index (χ0n) is 32.0. The minimum absolute atomic E-state index is 0.189. The third kappa shape index (κ3) is 6.50. The van der Waals surface area contributed by atoms with Crippen molar-refractivity contribution in [3.63, 3.8) is 0 Å². The molecule has 8 aromatic carbocycles. The van der Waals surface area contributed by atoms with Crippen LogP contribution < -0.4 is 0 Å². The lowest BCUT2D eigenvalue weighted by Gasteiger charge is -2.37. The van der Waals surface area contributed by atoms with Crippen LogP contribution in [0.3, 0.4) is 0 Å². The molecule has 0 fully saturated rings. The lowest BCUT2D eigenvalue weighted by atomic mass is 9.64. The van der Waals surface area contributed by atoms with Gasteiger partial charge in [-0.3, -0.25) is 4.79 Å². The predicted molar refractivity (Wildman–Crippen MR) is 231 cm³/mol. The molecule has 8 aromatic rings. The Bertz CT molecular complexity index is 2120. The molecule has 1 nitrogen and oxygen atoms in total. The van der Waals surface area contributed by atoms with Crippen LogP contribution in [0.2, 0.25) is 0 Å². The second kappa shape index (κ2) is 16.0. The molecule has 0 aliphatic carbocycles. The molecule has 272 valence electrons. The molecule has 1 heteroatoms. The molecular formula is C55H46O. The third-order valence-electron chi connectivity index (χ3n) is 11.7. The van der Waals surface area contributed by atoms with Gasteiger partial charge in [0.15, 0.2) is 0 Å². The van der Waals surface area contributed by atoms with E-state index in [0.717, 1.165) is 22.3 Å². The molecule has 0 saturated heterocycles. The number of Topliss-reactive ketones (excluding diaryl/α,β-unsaturated/α-hetero) is 1. The summed E-state index contributed by atoms with van der Waals surface area (Å²) in [5, 5.41) is 0. The first-order valence-electron chi connectivity index (χ1n) is 19.6. The Hall–Kier alpha value is -6.57. The van der Waals surface area contributed by atoms with Crippen molar-refractivity contribution >= 4 is 5.78 Å². The highest BCUT2D eigenvalue weighted by molar-refractivity contribution is 5.91. The largest absolute Gasteiger partial charge is 0.298 e. The van der Waals surface area contributed by atoms with Crippen LogP contribution in [0.4, 0.5) is 0 Å². The highest BCUT2D eigenvalue weighted by atomic mass is 16.1. The molecule has 0 radical (unpaired) electrons. The van der Waals surface area contributed by atoms with Crippen molar-refractivity contribution in [3.05, 3.63) is 286 Å². The normalized spacial score (nSPS) is 12.8. The van der Waals surface area contributed by atoms with Gasteiger partial charge < -0.3 is 0 Å². The fraction of sp³-hybridized carbons (Fsp3) is 0.109. The molecule has 0 saturated carbocycles. The van der Waals surface area contributed by atoms with Crippen molar-refractivity contribution in [2.75, 3.05) is 0 Å². The van der Waals surface area contributed by atoms with E-state index in [1.807, 2.05) is 0 Å². The molecular weight excluding hydrogens is 677 g/mol. The molecule has 0 N–H and O–H groups in total. The first kappa shape index (κ1) is 36.4. The van der Waals surface area contributed by atoms with Gasteiger partial charge in [0.25, 0.3) is 0 Å². The summed E-state index contributed by atoms with van der Waals surface area (Å²) in [5.41, 5.74) is 10.2. The monoisotopic (exact) mass is 722 g/mol. The summed E-state index contributed by atoms with van der Waals surface area (Å²) in [7, 11) is 0. The summed E-state index contributed by atoms with van der Waals surface area (Å²) in [5.74, 6) is -0.486. The Morgan fingerprint density at radius 3 is 0.750 bits per heavy atom. The molecule has 0 bridgehead atoms. The van der Waals surface area contributed by atoms with Crippen LogP contribution in [0, 0.1) is 0 Å². The maximum absolute atomic E-state index is 14.8. The average Bonchev–Trinajstić information content (AvgIpc) is 3.29. The Labute approximate surface area is 332 Å². The van der Waals surface area contributed by atoms with Gasteiger partial charge in [-0.1, -0.05) is 244 Å². The van der Waals surface area contributed by atoms with Gasteiger partial charge in [0.05, 0.1) is 10.8 Å². The van der Waals surface area contributed by atoms with Gasteiger partial charge in [-0.05, 0) is 55.6 Å². The van der Waals surface area contributed by atoms with Crippen LogP contribution >= 0.6 is 0 Å². The van der Waals surface area contributed by atoms with E-state index in [4.69, 9.17) is 0 Å². The van der Waals surface area contributed by atoms with Crippen LogP contribution in [-0.4, -0.2) is 5.78 Å². The number of carbonyl (C=O) groups excluding carboxylic acids is 1. The standard InChI is InChI=1S/C55H46O/c1-41(43-23-21-37-51(39-43)54(45-25-9-3-10-26-45,46-27-11-4-12-28-46)47-29-13-5-14-30-47)53(56)42(2)44-24-22-38-52(40-44)55(48-31-15-6-16-32-48,49-33-17-7-18-34-49)50-35-19-8-20-36-50/h3-42H,1-2H3. The molecule has 56 heavy (non-hydrogen) atoms. The van der Waals surface area contributed by atoms with E-state index in [0.29, 0.717) is 0 Å². The van der Waals surface area contributed by atoms with Gasteiger partial charge in [-0.2, -0.15) is 0 Å². The molecule has 0 heterocycles. The maximum atomic E-state index is 14.8. The Morgan fingerprint density at radius 1 is 0.304 bits per heavy atom. The van der Waals surface area contributed by atoms with E-state index in [-0.39, 0.29) is 17.6 Å². The maximum Gasteiger partial charge on any atom is 0.147 e. The summed E-state index contributed by atoms with van der Waals surface area (Å²) >= 11 is 0. The van der Waals surface area contributed by atoms with Crippen molar-refractivity contribution in [2.24, 2.45) is 0 Å². The van der Waals surface area contributed by atoms with E-state index < -0.39 is 10.8 Å². The minimum atomic E-state index is -0.585. The predicted octanol–water partition coefficient (Wildman–Crippen LogP) is 12.9. The van der Waals surface area contributed by atoms with E-state index in [2.05, 4.69) is 244 Å². The SMILES string of the molecule is CC(C(=O)C(C)c1cccc(C(c2ccccc2)(c2ccccc2)c2ccccc2)c1)c1cccc(C(c2ccccc2)(c2ccccc2)c2ccccc2)c1. The van der Waals surface area contributed by atoms with E-state index in [1.165, 1.54) is 33.4 Å². The fourth-order valence-electron chi connectivity index (χ4n) is 8.91. The van der Waals surface area contributed by atoms with Gasteiger partial charge in [0, 0.05) is 11.8 Å². The number of hydrogen-bond acceptors (Lipinski definition) is 1. The quantitative estimate of drug-likeness (QED) is 0.115. The van der Waals surface area contributed by atoms with Crippen LogP contribution in [0.15, 0.2) is 231 Å². The Balaban J connectivity index is 1.22. The van der Waals surface area contributed by atoms with Crippen LogP contribution in [0.25, 0.3) is 0 Å². The van der Waals surface area contributed by atoms with Gasteiger partial charge in [0.1, 0.15) is 5.78 Å². The first-order valence-corrected chi connectivity index (χ1v) is 19.6. The number of hydrogen-bond donors (Lipinski definition) is 0. The van der Waals surface area contributed by atoms with E-state index in [9.17, 15) is 4.79 Å². The number of ketones is 1. The van der Waals surface area contributed by atoms with E-state index in [1.54, 1.807) is 0 Å². The number of carbonyl (C=O) groups is 1. The molecule has 0 aliphatic rings. The lowest BCUT2D eigenvalue weighted by molar-refractivity contribution is -0.121. The molecule has 8 rings (SSSR count). The average molecular weight is 723 g/mol. The van der Waals surface area contributed by atoms with E-state index >= 15 is 0 Å². The van der Waals surface area contributed by atoms with Gasteiger partial charge in [-0.15, -0.1) is 0 Å². The fourth-order valence-corrected chi connectivity index (χ4v) is 8.91. The highest BCUT2D eigenvalue weighted by Crippen LogP contribution is 2.47. The smallest absolute Gasteiger partial charge is 0.147 e. The summed E-state index contributed by atoms with van der Waals surface area (Å²) in [4.78, 5) is 14.8. The van der Waals surface area contributed by atoms with Crippen LogP contribution in [0.1, 0.15) is 81.3 Å². The first-order chi connectivity index (χ1) is 27.5. The highest BCUT2D eigenvalue weighted by Gasteiger charge is 2.40. The Kier molecular flexibility index (Phi) is 10.4. The number of rotatable bonds is 12. The summed E-state index contributed by atoms with van der Waals surface area (Å²) in [6.45, 7) is 4.14. The molecule has 0 aromatic heterocycles. The van der Waals surface area contributed by atoms with Crippen molar-refractivity contribution in [1.82, 2.24) is 0 Å². The van der Waals surface area contributed by atoms with Gasteiger partial charge >= 0.3 is 0 Å². The van der Waals surface area contributed by atoms with Crippen LogP contribution in [-0.2, 0) is 15.6 Å². The minimum Gasteiger partial charge on any atom is -0.298 e. The van der Waals surface area contributed by atoms with Crippen LogP contribution in [0.5, 0.6) is 0 Å². The summed E-state index contributed by atoms with van der Waals surface area (Å²) in [6.07, 6.45) is 0. The molecule has 0 spiro atoms. The second-order valence-corrected chi connectivity index (χ2v) is 14.8. The number of benzene rings is 8.